The number of hydrogen-bond acceptors (Lipinski definition) is 1. The van der Waals surface area contributed by atoms with Gasteiger partial charge in [0, 0.05) is 17.0 Å². The summed E-state index contributed by atoms with van der Waals surface area (Å²) in [5.74, 6) is 0. The third-order valence-electron chi connectivity index (χ3n) is 2.80. The maximum absolute atomic E-state index is 6.27. The Morgan fingerprint density at radius 3 is 2.60 bits per heavy atom. The average molecular weight is 160 g/mol. The lowest BCUT2D eigenvalue weighted by Gasteiger charge is -2.52. The van der Waals surface area contributed by atoms with E-state index in [2.05, 4.69) is 12.2 Å². The molecule has 2 saturated heterocycles. The van der Waals surface area contributed by atoms with Crippen LogP contribution in [0, 0.1) is 0 Å². The smallest absolute Gasteiger partial charge is 0.0491 e. The SMILES string of the molecule is CCC1CC2(Cl)CC(C2)N1. The summed E-state index contributed by atoms with van der Waals surface area (Å²) < 4.78 is 0. The Labute approximate surface area is 67.1 Å². The molecular weight excluding hydrogens is 146 g/mol. The third-order valence-corrected chi connectivity index (χ3v) is 3.26. The fraction of sp³-hybridized carbons (Fsp3) is 1.00. The van der Waals surface area contributed by atoms with E-state index in [0.717, 1.165) is 6.04 Å². The van der Waals surface area contributed by atoms with Gasteiger partial charge in [0.05, 0.1) is 0 Å². The highest BCUT2D eigenvalue weighted by Gasteiger charge is 2.48. The topological polar surface area (TPSA) is 12.0 Å². The molecule has 1 saturated carbocycles. The molecule has 0 radical (unpaired) electrons. The molecule has 3 rings (SSSR count). The Bertz CT molecular complexity index is 140. The van der Waals surface area contributed by atoms with Crippen LogP contribution >= 0.6 is 11.6 Å². The molecule has 3 fully saturated rings. The fourth-order valence-electron chi connectivity index (χ4n) is 2.20. The van der Waals surface area contributed by atoms with Crippen molar-refractivity contribution in [2.24, 2.45) is 0 Å². The first kappa shape index (κ1) is 6.93. The zero-order chi connectivity index (χ0) is 7.19. The molecule has 3 aliphatic rings. The van der Waals surface area contributed by atoms with E-state index in [0.29, 0.717) is 6.04 Å². The van der Waals surface area contributed by atoms with Crippen molar-refractivity contribution in [3.05, 3.63) is 0 Å². The number of piperidine rings is 2. The zero-order valence-corrected chi connectivity index (χ0v) is 7.12. The van der Waals surface area contributed by atoms with Gasteiger partial charge in [-0.05, 0) is 25.7 Å². The van der Waals surface area contributed by atoms with Crippen LogP contribution in [0.4, 0.5) is 0 Å². The Hall–Kier alpha value is 0.250. The minimum atomic E-state index is 0.205. The molecule has 1 nitrogen and oxygen atoms in total. The monoisotopic (exact) mass is 159 g/mol. The van der Waals surface area contributed by atoms with Crippen LogP contribution in [0.5, 0.6) is 0 Å². The van der Waals surface area contributed by atoms with Crippen molar-refractivity contribution in [1.29, 1.82) is 0 Å². The summed E-state index contributed by atoms with van der Waals surface area (Å²) in [6.07, 6.45) is 4.81. The van der Waals surface area contributed by atoms with E-state index in [1.807, 2.05) is 0 Å². The number of nitrogens with one attached hydrogen (secondary N) is 1. The van der Waals surface area contributed by atoms with Gasteiger partial charge in [-0.1, -0.05) is 6.92 Å². The van der Waals surface area contributed by atoms with Gasteiger partial charge in [0.25, 0.3) is 0 Å². The maximum Gasteiger partial charge on any atom is 0.0491 e. The van der Waals surface area contributed by atoms with Crippen molar-refractivity contribution < 1.29 is 0 Å². The first-order valence-electron chi connectivity index (χ1n) is 4.17. The van der Waals surface area contributed by atoms with Crippen molar-refractivity contribution in [1.82, 2.24) is 5.32 Å². The number of hydrogen-bond donors (Lipinski definition) is 1. The van der Waals surface area contributed by atoms with Crippen LogP contribution in [0.25, 0.3) is 0 Å². The van der Waals surface area contributed by atoms with Crippen molar-refractivity contribution in [2.45, 2.75) is 49.6 Å². The highest BCUT2D eigenvalue weighted by molar-refractivity contribution is 6.24. The predicted molar refractivity (Wildman–Crippen MR) is 43.4 cm³/mol. The number of alkyl halides is 1. The zero-order valence-electron chi connectivity index (χ0n) is 6.36. The van der Waals surface area contributed by atoms with E-state index >= 15 is 0 Å². The summed E-state index contributed by atoms with van der Waals surface area (Å²) in [5, 5.41) is 3.57. The molecule has 0 aromatic carbocycles. The number of halogens is 1. The highest BCUT2D eigenvalue weighted by Crippen LogP contribution is 2.46. The van der Waals surface area contributed by atoms with Gasteiger partial charge in [0.15, 0.2) is 0 Å². The molecule has 1 unspecified atom stereocenters. The van der Waals surface area contributed by atoms with Crippen molar-refractivity contribution >= 4 is 11.6 Å². The number of rotatable bonds is 1. The Kier molecular flexibility index (Phi) is 1.47. The summed E-state index contributed by atoms with van der Waals surface area (Å²) in [7, 11) is 0. The lowest BCUT2D eigenvalue weighted by atomic mass is 9.71. The van der Waals surface area contributed by atoms with E-state index in [-0.39, 0.29) is 4.87 Å². The molecule has 0 amide bonds. The molecule has 2 heterocycles. The molecule has 0 aromatic rings. The van der Waals surface area contributed by atoms with Gasteiger partial charge in [-0.2, -0.15) is 0 Å². The molecule has 2 aliphatic heterocycles. The van der Waals surface area contributed by atoms with E-state index in [9.17, 15) is 0 Å². The minimum absolute atomic E-state index is 0.205. The van der Waals surface area contributed by atoms with Gasteiger partial charge in [-0.3, -0.25) is 0 Å². The quantitative estimate of drug-likeness (QED) is 0.577. The Morgan fingerprint density at radius 1 is 1.50 bits per heavy atom. The van der Waals surface area contributed by atoms with Crippen molar-refractivity contribution in [3.8, 4) is 0 Å². The average Bonchev–Trinajstić information content (AvgIpc) is 1.85. The second-order valence-corrected chi connectivity index (χ2v) is 4.53. The molecule has 1 aliphatic carbocycles. The Balaban J connectivity index is 1.98. The number of fused-ring (bicyclic) bond motifs is 2. The maximum atomic E-state index is 6.27. The first-order chi connectivity index (χ1) is 4.72. The standard InChI is InChI=1S/C8H14ClN/c1-2-6-3-8(9)4-7(5-8)10-6/h6-7,10H,2-5H2,1H3. The normalized spacial score (nSPS) is 52.2. The summed E-state index contributed by atoms with van der Waals surface area (Å²) in [6, 6.07) is 1.45. The molecule has 0 spiro atoms. The molecule has 1 N–H and O–H groups in total. The van der Waals surface area contributed by atoms with E-state index in [1.54, 1.807) is 0 Å². The molecular formula is C8H14ClN. The van der Waals surface area contributed by atoms with E-state index < -0.39 is 0 Å². The van der Waals surface area contributed by atoms with Crippen LogP contribution in [0.2, 0.25) is 0 Å². The summed E-state index contributed by atoms with van der Waals surface area (Å²) in [4.78, 5) is 0.205. The fourth-order valence-corrected chi connectivity index (χ4v) is 2.76. The summed E-state index contributed by atoms with van der Waals surface area (Å²) >= 11 is 6.27. The summed E-state index contributed by atoms with van der Waals surface area (Å²) in [6.45, 7) is 2.22. The third kappa shape index (κ3) is 0.960. The predicted octanol–water partition coefficient (Wildman–Crippen LogP) is 1.90. The van der Waals surface area contributed by atoms with Gasteiger partial charge in [0.2, 0.25) is 0 Å². The highest BCUT2D eigenvalue weighted by atomic mass is 35.5. The molecule has 10 heavy (non-hydrogen) atoms. The van der Waals surface area contributed by atoms with Crippen LogP contribution in [-0.2, 0) is 0 Å². The van der Waals surface area contributed by atoms with Crippen molar-refractivity contribution in [3.63, 3.8) is 0 Å². The molecule has 2 heteroatoms. The van der Waals surface area contributed by atoms with Gasteiger partial charge in [0.1, 0.15) is 0 Å². The Morgan fingerprint density at radius 2 is 2.20 bits per heavy atom. The molecule has 58 valence electrons. The van der Waals surface area contributed by atoms with E-state index in [1.165, 1.54) is 25.7 Å². The van der Waals surface area contributed by atoms with Crippen LogP contribution < -0.4 is 5.32 Å². The largest absolute Gasteiger partial charge is 0.311 e. The van der Waals surface area contributed by atoms with Gasteiger partial charge >= 0.3 is 0 Å². The van der Waals surface area contributed by atoms with E-state index in [4.69, 9.17) is 11.6 Å². The first-order valence-corrected chi connectivity index (χ1v) is 4.55. The summed E-state index contributed by atoms with van der Waals surface area (Å²) in [5.41, 5.74) is 0. The van der Waals surface area contributed by atoms with Crippen LogP contribution in [-0.4, -0.2) is 17.0 Å². The van der Waals surface area contributed by atoms with Crippen molar-refractivity contribution in [2.75, 3.05) is 0 Å². The van der Waals surface area contributed by atoms with Crippen LogP contribution in [0.15, 0.2) is 0 Å². The molecule has 0 aromatic heterocycles. The molecule has 2 bridgehead atoms. The molecule has 1 atom stereocenters. The van der Waals surface area contributed by atoms with Gasteiger partial charge in [-0.25, -0.2) is 0 Å². The van der Waals surface area contributed by atoms with Gasteiger partial charge in [-0.15, -0.1) is 11.6 Å². The lowest BCUT2D eigenvalue weighted by molar-refractivity contribution is 0.139. The van der Waals surface area contributed by atoms with Gasteiger partial charge < -0.3 is 5.32 Å². The lowest BCUT2D eigenvalue weighted by Crippen LogP contribution is -2.61. The second kappa shape index (κ2) is 2.12. The minimum Gasteiger partial charge on any atom is -0.311 e. The second-order valence-electron chi connectivity index (χ2n) is 3.73. The van der Waals surface area contributed by atoms with Crippen LogP contribution in [0.3, 0.4) is 0 Å². The van der Waals surface area contributed by atoms with Crippen LogP contribution in [0.1, 0.15) is 32.6 Å².